The maximum absolute atomic E-state index is 5.79. The molecule has 3 heteroatoms. The summed E-state index contributed by atoms with van der Waals surface area (Å²) >= 11 is 17.3. The lowest BCUT2D eigenvalue weighted by Gasteiger charge is -2.00. The molecule has 0 spiro atoms. The fourth-order valence-electron chi connectivity index (χ4n) is 0.748. The van der Waals surface area contributed by atoms with Crippen LogP contribution in [0.5, 0.6) is 0 Å². The molecule has 0 N–H and O–H groups in total. The molecule has 0 bridgehead atoms. The normalized spacial score (nSPS) is 9.73. The predicted molar refractivity (Wildman–Crippen MR) is 51.6 cm³/mol. The molecule has 0 aromatic heterocycles. The Morgan fingerprint density at radius 1 is 1.09 bits per heavy atom. The molecular formula is C8H5Cl3. The molecule has 0 saturated heterocycles. The molecule has 1 aromatic carbocycles. The summed E-state index contributed by atoms with van der Waals surface area (Å²) in [5.41, 5.74) is 0.720. The van der Waals surface area contributed by atoms with Crippen LogP contribution in [0.4, 0.5) is 0 Å². The monoisotopic (exact) mass is 206 g/mol. The van der Waals surface area contributed by atoms with Crippen LogP contribution in [0.2, 0.25) is 15.1 Å². The number of benzene rings is 1. The maximum Gasteiger partial charge on any atom is 0.0507 e. The number of halogens is 3. The SMILES string of the molecule is C=Cc1c(Cl)cc(Cl)cc1Cl. The van der Waals surface area contributed by atoms with E-state index in [1.807, 2.05) is 0 Å². The van der Waals surface area contributed by atoms with Gasteiger partial charge in [-0.05, 0) is 12.1 Å². The zero-order valence-corrected chi connectivity index (χ0v) is 7.84. The molecule has 0 amide bonds. The zero-order valence-electron chi connectivity index (χ0n) is 5.57. The van der Waals surface area contributed by atoms with Crippen molar-refractivity contribution in [1.82, 2.24) is 0 Å². The second kappa shape index (κ2) is 3.48. The standard InChI is InChI=1S/C8H5Cl3/c1-2-6-7(10)3-5(9)4-8(6)11/h2-4H,1H2. The fourth-order valence-corrected chi connectivity index (χ4v) is 1.72. The van der Waals surface area contributed by atoms with Gasteiger partial charge in [-0.3, -0.25) is 0 Å². The van der Waals surface area contributed by atoms with Gasteiger partial charge in [0.05, 0.1) is 10.0 Å². The largest absolute Gasteiger partial charge is 0.0984 e. The lowest BCUT2D eigenvalue weighted by atomic mass is 10.2. The lowest BCUT2D eigenvalue weighted by molar-refractivity contribution is 1.66. The second-order valence-corrected chi connectivity index (χ2v) is 3.24. The Balaban J connectivity index is 3.36. The van der Waals surface area contributed by atoms with E-state index in [-0.39, 0.29) is 0 Å². The molecule has 1 aromatic rings. The summed E-state index contributed by atoms with van der Waals surface area (Å²) in [6.07, 6.45) is 1.60. The predicted octanol–water partition coefficient (Wildman–Crippen LogP) is 4.29. The maximum atomic E-state index is 5.79. The molecule has 58 valence electrons. The molecule has 0 atom stereocenters. The molecule has 0 saturated carbocycles. The molecule has 0 fully saturated rings. The summed E-state index contributed by atoms with van der Waals surface area (Å²) in [6, 6.07) is 3.26. The Bertz CT molecular complexity index is 268. The highest BCUT2D eigenvalue weighted by molar-refractivity contribution is 6.40. The average Bonchev–Trinajstić information content (AvgIpc) is 1.85. The molecular weight excluding hydrogens is 202 g/mol. The minimum atomic E-state index is 0.525. The third-order valence-electron chi connectivity index (χ3n) is 1.25. The molecule has 0 unspecified atom stereocenters. The fraction of sp³-hybridized carbons (Fsp3) is 0. The van der Waals surface area contributed by atoms with Crippen LogP contribution in [0, 0.1) is 0 Å². The van der Waals surface area contributed by atoms with E-state index in [1.54, 1.807) is 18.2 Å². The van der Waals surface area contributed by atoms with Crippen molar-refractivity contribution in [2.45, 2.75) is 0 Å². The van der Waals surface area contributed by atoms with Crippen LogP contribution in [0.3, 0.4) is 0 Å². The lowest BCUT2D eigenvalue weighted by Crippen LogP contribution is -1.77. The Kier molecular flexibility index (Phi) is 2.83. The second-order valence-electron chi connectivity index (χ2n) is 1.99. The van der Waals surface area contributed by atoms with Crippen LogP contribution in [0.15, 0.2) is 18.7 Å². The molecule has 0 aliphatic carbocycles. The molecule has 0 heterocycles. The summed E-state index contributed by atoms with van der Waals surface area (Å²) in [5.74, 6) is 0. The molecule has 0 aliphatic heterocycles. The highest BCUT2D eigenvalue weighted by atomic mass is 35.5. The topological polar surface area (TPSA) is 0 Å². The van der Waals surface area contributed by atoms with E-state index in [0.717, 1.165) is 5.56 Å². The van der Waals surface area contributed by atoms with Crippen LogP contribution in [-0.2, 0) is 0 Å². The van der Waals surface area contributed by atoms with Gasteiger partial charge >= 0.3 is 0 Å². The van der Waals surface area contributed by atoms with E-state index in [9.17, 15) is 0 Å². The van der Waals surface area contributed by atoms with Gasteiger partial charge < -0.3 is 0 Å². The Hall–Kier alpha value is -0.170. The first-order chi connectivity index (χ1) is 5.15. The third kappa shape index (κ3) is 1.90. The minimum Gasteiger partial charge on any atom is -0.0984 e. The minimum absolute atomic E-state index is 0.525. The summed E-state index contributed by atoms with van der Waals surface area (Å²) in [7, 11) is 0. The van der Waals surface area contributed by atoms with E-state index in [0.29, 0.717) is 15.1 Å². The molecule has 0 radical (unpaired) electrons. The van der Waals surface area contributed by atoms with Crippen molar-refractivity contribution in [3.8, 4) is 0 Å². The quantitative estimate of drug-likeness (QED) is 0.644. The highest BCUT2D eigenvalue weighted by Gasteiger charge is 2.02. The number of hydrogen-bond acceptors (Lipinski definition) is 0. The first-order valence-corrected chi connectivity index (χ1v) is 4.05. The smallest absolute Gasteiger partial charge is 0.0507 e. The van der Waals surface area contributed by atoms with Gasteiger partial charge in [-0.1, -0.05) is 47.5 Å². The van der Waals surface area contributed by atoms with Gasteiger partial charge in [0, 0.05) is 10.6 Å². The van der Waals surface area contributed by atoms with Crippen molar-refractivity contribution in [3.05, 3.63) is 39.3 Å². The van der Waals surface area contributed by atoms with Crippen LogP contribution in [0.1, 0.15) is 5.56 Å². The van der Waals surface area contributed by atoms with Crippen molar-refractivity contribution in [2.75, 3.05) is 0 Å². The summed E-state index contributed by atoms with van der Waals surface area (Å²) in [5, 5.41) is 1.58. The van der Waals surface area contributed by atoms with Gasteiger partial charge in [-0.2, -0.15) is 0 Å². The zero-order chi connectivity index (χ0) is 8.43. The third-order valence-corrected chi connectivity index (χ3v) is 2.09. The van der Waals surface area contributed by atoms with E-state index >= 15 is 0 Å². The first-order valence-electron chi connectivity index (χ1n) is 2.92. The van der Waals surface area contributed by atoms with E-state index in [1.165, 1.54) is 0 Å². The van der Waals surface area contributed by atoms with Crippen molar-refractivity contribution in [3.63, 3.8) is 0 Å². The summed E-state index contributed by atoms with van der Waals surface area (Å²) < 4.78 is 0. The van der Waals surface area contributed by atoms with Gasteiger partial charge in [0.2, 0.25) is 0 Å². The van der Waals surface area contributed by atoms with E-state index in [2.05, 4.69) is 6.58 Å². The molecule has 0 aliphatic rings. The van der Waals surface area contributed by atoms with Crippen molar-refractivity contribution < 1.29 is 0 Å². The number of rotatable bonds is 1. The van der Waals surface area contributed by atoms with Crippen LogP contribution in [0.25, 0.3) is 6.08 Å². The average molecular weight is 207 g/mol. The van der Waals surface area contributed by atoms with Crippen molar-refractivity contribution in [1.29, 1.82) is 0 Å². The van der Waals surface area contributed by atoms with Crippen molar-refractivity contribution >= 4 is 40.9 Å². The highest BCUT2D eigenvalue weighted by Crippen LogP contribution is 2.29. The van der Waals surface area contributed by atoms with Gasteiger partial charge in [-0.15, -0.1) is 0 Å². The van der Waals surface area contributed by atoms with Gasteiger partial charge in [0.15, 0.2) is 0 Å². The van der Waals surface area contributed by atoms with Gasteiger partial charge in [-0.25, -0.2) is 0 Å². The Morgan fingerprint density at radius 3 is 1.91 bits per heavy atom. The molecule has 1 rings (SSSR count). The first kappa shape index (κ1) is 8.92. The number of hydrogen-bond donors (Lipinski definition) is 0. The summed E-state index contributed by atoms with van der Waals surface area (Å²) in [4.78, 5) is 0. The van der Waals surface area contributed by atoms with Crippen LogP contribution < -0.4 is 0 Å². The molecule has 11 heavy (non-hydrogen) atoms. The Labute approximate surface area is 80.4 Å². The Morgan fingerprint density at radius 2 is 1.55 bits per heavy atom. The van der Waals surface area contributed by atoms with Gasteiger partial charge in [0.1, 0.15) is 0 Å². The van der Waals surface area contributed by atoms with Crippen LogP contribution >= 0.6 is 34.8 Å². The van der Waals surface area contributed by atoms with E-state index < -0.39 is 0 Å². The van der Waals surface area contributed by atoms with Gasteiger partial charge in [0.25, 0.3) is 0 Å². The molecule has 0 nitrogen and oxygen atoms in total. The summed E-state index contributed by atoms with van der Waals surface area (Å²) in [6.45, 7) is 3.57. The van der Waals surface area contributed by atoms with Crippen LogP contribution in [-0.4, -0.2) is 0 Å². The van der Waals surface area contributed by atoms with Crippen molar-refractivity contribution in [2.24, 2.45) is 0 Å². The van der Waals surface area contributed by atoms with E-state index in [4.69, 9.17) is 34.8 Å².